The van der Waals surface area contributed by atoms with Gasteiger partial charge in [-0.2, -0.15) is 5.10 Å². The van der Waals surface area contributed by atoms with E-state index in [1.807, 2.05) is 50.2 Å². The first-order valence-corrected chi connectivity index (χ1v) is 10.0. The highest BCUT2D eigenvalue weighted by Crippen LogP contribution is 2.41. The van der Waals surface area contributed by atoms with Crippen molar-refractivity contribution in [3.05, 3.63) is 64.8 Å². The van der Waals surface area contributed by atoms with Crippen molar-refractivity contribution in [2.24, 2.45) is 0 Å². The third-order valence-electron chi connectivity index (χ3n) is 4.84. The van der Waals surface area contributed by atoms with Gasteiger partial charge in [-0.3, -0.25) is 4.79 Å². The zero-order valence-corrected chi connectivity index (χ0v) is 17.1. The molecular formula is C22H22ClN3O3. The SMILES string of the molecule is CCOc1ccc(C2CC(=O)Nc3c2cnn3-c2cccc(Cl)c2)cc1OCC. The second-order valence-electron chi connectivity index (χ2n) is 6.72. The molecule has 1 amide bonds. The summed E-state index contributed by atoms with van der Waals surface area (Å²) >= 11 is 6.13. The number of hydrogen-bond acceptors (Lipinski definition) is 4. The molecule has 0 saturated carbocycles. The van der Waals surface area contributed by atoms with E-state index in [9.17, 15) is 4.79 Å². The fourth-order valence-electron chi connectivity index (χ4n) is 3.61. The molecule has 150 valence electrons. The summed E-state index contributed by atoms with van der Waals surface area (Å²) in [7, 11) is 0. The van der Waals surface area contributed by atoms with Crippen LogP contribution in [-0.4, -0.2) is 28.9 Å². The lowest BCUT2D eigenvalue weighted by atomic mass is 9.87. The first-order valence-electron chi connectivity index (χ1n) is 9.64. The van der Waals surface area contributed by atoms with Gasteiger partial charge in [-0.05, 0) is 49.7 Å². The van der Waals surface area contributed by atoms with Gasteiger partial charge in [-0.25, -0.2) is 4.68 Å². The molecule has 1 unspecified atom stereocenters. The lowest BCUT2D eigenvalue weighted by molar-refractivity contribution is -0.116. The standard InChI is InChI=1S/C22H22ClN3O3/c1-3-28-19-9-8-14(10-20(19)29-4-2)17-12-21(27)25-22-18(17)13-24-26(22)16-7-5-6-15(23)11-16/h5-11,13,17H,3-4,12H2,1-2H3,(H,25,27). The van der Waals surface area contributed by atoms with E-state index in [1.54, 1.807) is 16.9 Å². The van der Waals surface area contributed by atoms with Gasteiger partial charge in [0.2, 0.25) is 5.91 Å². The van der Waals surface area contributed by atoms with Gasteiger partial charge >= 0.3 is 0 Å². The lowest BCUT2D eigenvalue weighted by Gasteiger charge is -2.24. The maximum Gasteiger partial charge on any atom is 0.226 e. The summed E-state index contributed by atoms with van der Waals surface area (Å²) < 4.78 is 13.1. The molecule has 1 atom stereocenters. The van der Waals surface area contributed by atoms with E-state index in [2.05, 4.69) is 10.4 Å². The largest absolute Gasteiger partial charge is 0.490 e. The summed E-state index contributed by atoms with van der Waals surface area (Å²) in [5.41, 5.74) is 2.73. The Morgan fingerprint density at radius 2 is 1.93 bits per heavy atom. The van der Waals surface area contributed by atoms with E-state index in [4.69, 9.17) is 21.1 Å². The summed E-state index contributed by atoms with van der Waals surface area (Å²) in [6.07, 6.45) is 2.14. The molecule has 0 aliphatic carbocycles. The number of anilines is 1. The lowest BCUT2D eigenvalue weighted by Crippen LogP contribution is -2.24. The van der Waals surface area contributed by atoms with Crippen LogP contribution in [0.3, 0.4) is 0 Å². The van der Waals surface area contributed by atoms with E-state index in [-0.39, 0.29) is 11.8 Å². The summed E-state index contributed by atoms with van der Waals surface area (Å²) in [5, 5.41) is 8.08. The molecule has 7 heteroatoms. The fraction of sp³-hybridized carbons (Fsp3) is 0.273. The Bertz CT molecular complexity index is 1050. The Balaban J connectivity index is 1.76. The van der Waals surface area contributed by atoms with Gasteiger partial charge in [0, 0.05) is 22.9 Å². The molecule has 2 aromatic carbocycles. The van der Waals surface area contributed by atoms with Crippen LogP contribution < -0.4 is 14.8 Å². The van der Waals surface area contributed by atoms with Crippen LogP contribution in [0.1, 0.15) is 37.3 Å². The van der Waals surface area contributed by atoms with Crippen LogP contribution in [0, 0.1) is 0 Å². The highest BCUT2D eigenvalue weighted by Gasteiger charge is 2.31. The van der Waals surface area contributed by atoms with Crippen molar-refractivity contribution < 1.29 is 14.3 Å². The molecule has 1 aliphatic heterocycles. The number of hydrogen-bond donors (Lipinski definition) is 1. The molecule has 1 aromatic heterocycles. The molecule has 29 heavy (non-hydrogen) atoms. The van der Waals surface area contributed by atoms with Gasteiger partial charge in [0.1, 0.15) is 5.82 Å². The zero-order valence-electron chi connectivity index (χ0n) is 16.3. The number of nitrogens with one attached hydrogen (secondary N) is 1. The molecule has 2 heterocycles. The van der Waals surface area contributed by atoms with E-state index in [0.717, 1.165) is 16.8 Å². The number of aromatic nitrogens is 2. The van der Waals surface area contributed by atoms with Crippen molar-refractivity contribution in [1.29, 1.82) is 0 Å². The predicted molar refractivity (Wildman–Crippen MR) is 112 cm³/mol. The molecule has 0 fully saturated rings. The Morgan fingerprint density at radius 3 is 2.69 bits per heavy atom. The second-order valence-corrected chi connectivity index (χ2v) is 7.15. The normalized spacial score (nSPS) is 15.6. The van der Waals surface area contributed by atoms with Crippen LogP contribution in [0.2, 0.25) is 5.02 Å². The monoisotopic (exact) mass is 411 g/mol. The smallest absolute Gasteiger partial charge is 0.226 e. The molecule has 1 aliphatic rings. The van der Waals surface area contributed by atoms with Crippen molar-refractivity contribution in [3.63, 3.8) is 0 Å². The van der Waals surface area contributed by atoms with E-state index in [1.165, 1.54) is 0 Å². The highest BCUT2D eigenvalue weighted by molar-refractivity contribution is 6.30. The molecule has 0 bridgehead atoms. The number of benzene rings is 2. The average Bonchev–Trinajstić information content (AvgIpc) is 3.13. The number of rotatable bonds is 6. The Labute approximate surface area is 174 Å². The topological polar surface area (TPSA) is 65.4 Å². The molecular weight excluding hydrogens is 390 g/mol. The van der Waals surface area contributed by atoms with Crippen molar-refractivity contribution in [2.45, 2.75) is 26.2 Å². The zero-order chi connectivity index (χ0) is 20.4. The molecule has 3 aromatic rings. The predicted octanol–water partition coefficient (Wildman–Crippen LogP) is 4.80. The van der Waals surface area contributed by atoms with Crippen LogP contribution >= 0.6 is 11.6 Å². The number of carbonyl (C=O) groups excluding carboxylic acids is 1. The van der Waals surface area contributed by atoms with Crippen molar-refractivity contribution >= 4 is 23.3 Å². The number of amides is 1. The van der Waals surface area contributed by atoms with Crippen molar-refractivity contribution in [2.75, 3.05) is 18.5 Å². The van der Waals surface area contributed by atoms with Gasteiger partial charge in [0.05, 0.1) is 25.1 Å². The average molecular weight is 412 g/mol. The summed E-state index contributed by atoms with van der Waals surface area (Å²) in [4.78, 5) is 12.5. The number of fused-ring (bicyclic) bond motifs is 1. The highest BCUT2D eigenvalue weighted by atomic mass is 35.5. The summed E-state index contributed by atoms with van der Waals surface area (Å²) in [5.74, 6) is 1.87. The molecule has 0 spiro atoms. The quantitative estimate of drug-likeness (QED) is 0.632. The van der Waals surface area contributed by atoms with Crippen molar-refractivity contribution in [3.8, 4) is 17.2 Å². The Hall–Kier alpha value is -2.99. The first-order chi connectivity index (χ1) is 14.1. The van der Waals surface area contributed by atoms with Crippen LogP contribution in [0.15, 0.2) is 48.7 Å². The van der Waals surface area contributed by atoms with Gasteiger partial charge < -0.3 is 14.8 Å². The van der Waals surface area contributed by atoms with Gasteiger partial charge in [-0.15, -0.1) is 0 Å². The molecule has 1 N–H and O–H groups in total. The minimum Gasteiger partial charge on any atom is -0.490 e. The van der Waals surface area contributed by atoms with Crippen LogP contribution in [0.5, 0.6) is 11.5 Å². The molecule has 0 radical (unpaired) electrons. The summed E-state index contributed by atoms with van der Waals surface area (Å²) in [6, 6.07) is 13.2. The summed E-state index contributed by atoms with van der Waals surface area (Å²) in [6.45, 7) is 4.96. The first kappa shape index (κ1) is 19.3. The molecule has 6 nitrogen and oxygen atoms in total. The van der Waals surface area contributed by atoms with E-state index in [0.29, 0.717) is 42.0 Å². The van der Waals surface area contributed by atoms with Gasteiger partial charge in [0.25, 0.3) is 0 Å². The minimum absolute atomic E-state index is 0.0573. The van der Waals surface area contributed by atoms with Crippen LogP contribution in [-0.2, 0) is 4.79 Å². The van der Waals surface area contributed by atoms with E-state index >= 15 is 0 Å². The Morgan fingerprint density at radius 1 is 1.14 bits per heavy atom. The van der Waals surface area contributed by atoms with Gasteiger partial charge in [-0.1, -0.05) is 23.7 Å². The maximum absolute atomic E-state index is 12.5. The van der Waals surface area contributed by atoms with Gasteiger partial charge in [0.15, 0.2) is 11.5 Å². The van der Waals surface area contributed by atoms with Crippen molar-refractivity contribution in [1.82, 2.24) is 9.78 Å². The number of halogens is 1. The maximum atomic E-state index is 12.5. The second kappa shape index (κ2) is 8.17. The number of ether oxygens (including phenoxy) is 2. The number of nitrogens with zero attached hydrogens (tertiary/aromatic N) is 2. The third-order valence-corrected chi connectivity index (χ3v) is 5.08. The molecule has 4 rings (SSSR count). The minimum atomic E-state index is -0.124. The van der Waals surface area contributed by atoms with Crippen LogP contribution in [0.4, 0.5) is 5.82 Å². The number of carbonyl (C=O) groups is 1. The third kappa shape index (κ3) is 3.80. The van der Waals surface area contributed by atoms with Crippen LogP contribution in [0.25, 0.3) is 5.69 Å². The fourth-order valence-corrected chi connectivity index (χ4v) is 3.79. The molecule has 0 saturated heterocycles. The van der Waals surface area contributed by atoms with E-state index < -0.39 is 0 Å². The Kier molecular flexibility index (Phi) is 5.45.